The SMILES string of the molecule is CCCN(CCC)C(=O)c1cccc(NC(=O)COc2ccc(C(C)(C)C)cc2Br)c1. The Labute approximate surface area is 194 Å². The van der Waals surface area contributed by atoms with E-state index < -0.39 is 0 Å². The molecule has 5 nitrogen and oxygen atoms in total. The zero-order chi connectivity index (χ0) is 23.0. The van der Waals surface area contributed by atoms with Crippen molar-refractivity contribution in [2.75, 3.05) is 25.0 Å². The van der Waals surface area contributed by atoms with Gasteiger partial charge in [0.15, 0.2) is 6.61 Å². The van der Waals surface area contributed by atoms with Gasteiger partial charge in [-0.05, 0) is 70.1 Å². The third-order valence-electron chi connectivity index (χ3n) is 4.82. The maximum Gasteiger partial charge on any atom is 0.262 e. The van der Waals surface area contributed by atoms with Crippen molar-refractivity contribution in [3.63, 3.8) is 0 Å². The lowest BCUT2D eigenvalue weighted by Gasteiger charge is -2.21. The van der Waals surface area contributed by atoms with Gasteiger partial charge >= 0.3 is 0 Å². The second-order valence-electron chi connectivity index (χ2n) is 8.61. The predicted molar refractivity (Wildman–Crippen MR) is 130 cm³/mol. The van der Waals surface area contributed by atoms with Crippen LogP contribution in [0.4, 0.5) is 5.69 Å². The molecule has 0 heterocycles. The second-order valence-corrected chi connectivity index (χ2v) is 9.46. The highest BCUT2D eigenvalue weighted by molar-refractivity contribution is 9.10. The standard InChI is InChI=1S/C25H33BrN2O3/c1-6-13-28(14-7-2)24(30)18-9-8-10-20(15-18)27-23(29)17-31-22-12-11-19(16-21(22)26)25(3,4)5/h8-12,15-16H,6-7,13-14,17H2,1-5H3,(H,27,29). The van der Waals surface area contributed by atoms with Gasteiger partial charge in [0.05, 0.1) is 4.47 Å². The van der Waals surface area contributed by atoms with Gasteiger partial charge in [-0.25, -0.2) is 0 Å². The van der Waals surface area contributed by atoms with E-state index in [0.29, 0.717) is 17.0 Å². The van der Waals surface area contributed by atoms with Gasteiger partial charge in [0, 0.05) is 24.3 Å². The first-order valence-corrected chi connectivity index (χ1v) is 11.6. The number of amides is 2. The van der Waals surface area contributed by atoms with Gasteiger partial charge in [-0.3, -0.25) is 9.59 Å². The maximum absolute atomic E-state index is 12.8. The molecule has 0 fully saturated rings. The number of nitrogens with one attached hydrogen (secondary N) is 1. The van der Waals surface area contributed by atoms with E-state index in [2.05, 4.69) is 55.9 Å². The van der Waals surface area contributed by atoms with Crippen LogP contribution in [0.1, 0.15) is 63.4 Å². The molecule has 168 valence electrons. The Morgan fingerprint density at radius 2 is 1.71 bits per heavy atom. The van der Waals surface area contributed by atoms with Gasteiger partial charge in [0.1, 0.15) is 5.75 Å². The largest absolute Gasteiger partial charge is 0.483 e. The Morgan fingerprint density at radius 1 is 1.03 bits per heavy atom. The van der Waals surface area contributed by atoms with Crippen LogP contribution in [0.2, 0.25) is 0 Å². The highest BCUT2D eigenvalue weighted by Gasteiger charge is 2.17. The summed E-state index contributed by atoms with van der Waals surface area (Å²) in [6, 6.07) is 12.9. The van der Waals surface area contributed by atoms with Crippen molar-refractivity contribution in [1.82, 2.24) is 4.90 Å². The van der Waals surface area contributed by atoms with Crippen LogP contribution in [0.3, 0.4) is 0 Å². The van der Waals surface area contributed by atoms with Crippen molar-refractivity contribution in [1.29, 1.82) is 0 Å². The highest BCUT2D eigenvalue weighted by Crippen LogP contribution is 2.31. The van der Waals surface area contributed by atoms with Crippen LogP contribution >= 0.6 is 15.9 Å². The highest BCUT2D eigenvalue weighted by atomic mass is 79.9. The van der Waals surface area contributed by atoms with Crippen LogP contribution in [0.15, 0.2) is 46.9 Å². The van der Waals surface area contributed by atoms with Crippen molar-refractivity contribution < 1.29 is 14.3 Å². The third-order valence-corrected chi connectivity index (χ3v) is 5.44. The van der Waals surface area contributed by atoms with Gasteiger partial charge in [-0.15, -0.1) is 0 Å². The van der Waals surface area contributed by atoms with E-state index in [0.717, 1.165) is 30.4 Å². The Kier molecular flexibility index (Phi) is 9.11. The number of hydrogen-bond donors (Lipinski definition) is 1. The van der Waals surface area contributed by atoms with E-state index in [1.807, 2.05) is 23.1 Å². The molecule has 2 rings (SSSR count). The van der Waals surface area contributed by atoms with Crippen LogP contribution in [-0.4, -0.2) is 36.4 Å². The molecular formula is C25H33BrN2O3. The molecule has 2 aromatic rings. The topological polar surface area (TPSA) is 58.6 Å². The van der Waals surface area contributed by atoms with Gasteiger partial charge in [-0.2, -0.15) is 0 Å². The average Bonchev–Trinajstić information content (AvgIpc) is 2.71. The zero-order valence-electron chi connectivity index (χ0n) is 19.1. The van der Waals surface area contributed by atoms with Crippen LogP contribution in [-0.2, 0) is 10.2 Å². The molecule has 0 aliphatic rings. The first-order chi connectivity index (χ1) is 14.7. The molecule has 0 bridgehead atoms. The van der Waals surface area contributed by atoms with Crippen LogP contribution in [0.25, 0.3) is 0 Å². The fourth-order valence-corrected chi connectivity index (χ4v) is 3.69. The van der Waals surface area contributed by atoms with Crippen LogP contribution < -0.4 is 10.1 Å². The molecule has 6 heteroatoms. The molecule has 0 atom stereocenters. The summed E-state index contributed by atoms with van der Waals surface area (Å²) in [6.45, 7) is 11.9. The first-order valence-electron chi connectivity index (χ1n) is 10.8. The molecule has 0 aliphatic heterocycles. The number of nitrogens with zero attached hydrogens (tertiary/aromatic N) is 1. The summed E-state index contributed by atoms with van der Waals surface area (Å²) in [5.41, 5.74) is 2.36. The molecule has 2 amide bonds. The molecule has 0 saturated carbocycles. The summed E-state index contributed by atoms with van der Waals surface area (Å²) < 4.78 is 6.50. The minimum atomic E-state index is -0.282. The number of hydrogen-bond acceptors (Lipinski definition) is 3. The lowest BCUT2D eigenvalue weighted by Crippen LogP contribution is -2.32. The molecule has 2 aromatic carbocycles. The summed E-state index contributed by atoms with van der Waals surface area (Å²) in [5.74, 6) is 0.316. The van der Waals surface area contributed by atoms with Crippen molar-refractivity contribution in [2.45, 2.75) is 52.9 Å². The summed E-state index contributed by atoms with van der Waals surface area (Å²) in [5, 5.41) is 2.82. The molecule has 0 aliphatic carbocycles. The summed E-state index contributed by atoms with van der Waals surface area (Å²) in [4.78, 5) is 27.0. The third kappa shape index (κ3) is 7.39. The quantitative estimate of drug-likeness (QED) is 0.468. The number of carbonyl (C=O) groups is 2. The Bertz CT molecular complexity index is 900. The fourth-order valence-electron chi connectivity index (χ4n) is 3.19. The molecule has 1 N–H and O–H groups in total. The first kappa shape index (κ1) is 24.9. The molecule has 31 heavy (non-hydrogen) atoms. The monoisotopic (exact) mass is 488 g/mol. The van der Waals surface area contributed by atoms with E-state index in [-0.39, 0.29) is 23.8 Å². The summed E-state index contributed by atoms with van der Waals surface area (Å²) in [6.07, 6.45) is 1.82. The summed E-state index contributed by atoms with van der Waals surface area (Å²) in [7, 11) is 0. The Hall–Kier alpha value is -2.34. The van der Waals surface area contributed by atoms with Gasteiger partial charge in [0.2, 0.25) is 0 Å². The number of halogens is 1. The minimum Gasteiger partial charge on any atom is -0.483 e. The number of rotatable bonds is 9. The van der Waals surface area contributed by atoms with E-state index in [4.69, 9.17) is 4.74 Å². The molecule has 0 radical (unpaired) electrons. The Morgan fingerprint density at radius 3 is 2.29 bits per heavy atom. The second kappa shape index (κ2) is 11.3. The van der Waals surface area contributed by atoms with Crippen molar-refractivity contribution in [3.8, 4) is 5.75 Å². The minimum absolute atomic E-state index is 0.0149. The normalized spacial score (nSPS) is 11.2. The van der Waals surface area contributed by atoms with Gasteiger partial charge in [0.25, 0.3) is 11.8 Å². The number of carbonyl (C=O) groups excluding carboxylic acids is 2. The van der Waals surface area contributed by atoms with Crippen LogP contribution in [0.5, 0.6) is 5.75 Å². The predicted octanol–water partition coefficient (Wildman–Crippen LogP) is 6.03. The van der Waals surface area contributed by atoms with Gasteiger partial charge in [-0.1, -0.05) is 46.8 Å². The molecule has 0 saturated heterocycles. The summed E-state index contributed by atoms with van der Waals surface area (Å²) >= 11 is 3.52. The molecular weight excluding hydrogens is 456 g/mol. The maximum atomic E-state index is 12.8. The fraction of sp³-hybridized carbons (Fsp3) is 0.440. The molecule has 0 spiro atoms. The lowest BCUT2D eigenvalue weighted by atomic mass is 9.87. The van der Waals surface area contributed by atoms with Crippen LogP contribution in [0, 0.1) is 0 Å². The van der Waals surface area contributed by atoms with Crippen molar-refractivity contribution >= 4 is 33.4 Å². The smallest absolute Gasteiger partial charge is 0.262 e. The average molecular weight is 489 g/mol. The molecule has 0 aromatic heterocycles. The number of benzene rings is 2. The lowest BCUT2D eigenvalue weighted by molar-refractivity contribution is -0.118. The molecule has 0 unspecified atom stereocenters. The van der Waals surface area contributed by atoms with E-state index in [1.54, 1.807) is 24.3 Å². The zero-order valence-corrected chi connectivity index (χ0v) is 20.7. The van der Waals surface area contributed by atoms with Gasteiger partial charge < -0.3 is 15.0 Å². The van der Waals surface area contributed by atoms with Crippen molar-refractivity contribution in [3.05, 3.63) is 58.1 Å². The Balaban J connectivity index is 2.00. The number of ether oxygens (including phenoxy) is 1. The van der Waals surface area contributed by atoms with E-state index >= 15 is 0 Å². The van der Waals surface area contributed by atoms with E-state index in [1.165, 1.54) is 5.56 Å². The number of anilines is 1. The van der Waals surface area contributed by atoms with Crippen molar-refractivity contribution in [2.24, 2.45) is 0 Å². The van der Waals surface area contributed by atoms with E-state index in [9.17, 15) is 9.59 Å².